The van der Waals surface area contributed by atoms with Crippen LogP contribution in [-0.4, -0.2) is 10.2 Å². The van der Waals surface area contributed by atoms with Crippen LogP contribution in [0.25, 0.3) is 10.6 Å². The fourth-order valence-corrected chi connectivity index (χ4v) is 1.66. The van der Waals surface area contributed by atoms with Crippen molar-refractivity contribution in [2.45, 2.75) is 0 Å². The van der Waals surface area contributed by atoms with Crippen LogP contribution in [0.3, 0.4) is 0 Å². The molecule has 2 nitrogen and oxygen atoms in total. The second-order valence-corrected chi connectivity index (χ2v) is 3.52. The van der Waals surface area contributed by atoms with Gasteiger partial charge in [0.1, 0.15) is 10.5 Å². The molecule has 0 aliphatic heterocycles. The zero-order valence-electron chi connectivity index (χ0n) is 6.07. The Morgan fingerprint density at radius 3 is 2.92 bits per heavy atom. The molecule has 0 aliphatic rings. The van der Waals surface area contributed by atoms with Crippen molar-refractivity contribution in [3.63, 3.8) is 0 Å². The average molecular weight is 197 g/mol. The van der Waals surface area contributed by atoms with Gasteiger partial charge in [-0.2, -0.15) is 0 Å². The van der Waals surface area contributed by atoms with Crippen LogP contribution in [0.1, 0.15) is 0 Å². The van der Waals surface area contributed by atoms with E-state index in [9.17, 15) is 0 Å². The Labute approximate surface area is 78.8 Å². The van der Waals surface area contributed by atoms with Gasteiger partial charge in [-0.15, -0.1) is 10.2 Å². The molecule has 0 unspecified atom stereocenters. The van der Waals surface area contributed by atoms with E-state index in [-0.39, 0.29) is 0 Å². The molecule has 0 spiro atoms. The summed E-state index contributed by atoms with van der Waals surface area (Å²) in [6.45, 7) is 0. The van der Waals surface area contributed by atoms with Gasteiger partial charge in [-0.1, -0.05) is 35.1 Å². The SMILES string of the molecule is Clc1cccc(-c2nncs2)c1. The smallest absolute Gasteiger partial charge is 0.147 e. The molecular formula is C8H5ClN2S. The van der Waals surface area contributed by atoms with Gasteiger partial charge in [-0.05, 0) is 12.1 Å². The van der Waals surface area contributed by atoms with Gasteiger partial charge in [0, 0.05) is 10.6 Å². The molecule has 60 valence electrons. The fourth-order valence-electron chi connectivity index (χ4n) is 0.920. The molecule has 0 amide bonds. The molecule has 0 radical (unpaired) electrons. The lowest BCUT2D eigenvalue weighted by molar-refractivity contribution is 1.10. The summed E-state index contributed by atoms with van der Waals surface area (Å²) in [5.74, 6) is 0. The molecule has 1 heterocycles. The predicted molar refractivity (Wildman–Crippen MR) is 50.4 cm³/mol. The molecule has 0 atom stereocenters. The monoisotopic (exact) mass is 196 g/mol. The van der Waals surface area contributed by atoms with Crippen molar-refractivity contribution in [2.75, 3.05) is 0 Å². The lowest BCUT2D eigenvalue weighted by Crippen LogP contribution is -1.75. The third kappa shape index (κ3) is 1.47. The maximum Gasteiger partial charge on any atom is 0.147 e. The number of benzene rings is 1. The summed E-state index contributed by atoms with van der Waals surface area (Å²) in [5, 5.41) is 9.32. The standard InChI is InChI=1S/C8H5ClN2S/c9-7-3-1-2-6(4-7)8-11-10-5-12-8/h1-5H. The second-order valence-electron chi connectivity index (χ2n) is 2.25. The van der Waals surface area contributed by atoms with E-state index in [1.54, 1.807) is 5.51 Å². The molecule has 4 heteroatoms. The van der Waals surface area contributed by atoms with Crippen LogP contribution >= 0.6 is 22.9 Å². The van der Waals surface area contributed by atoms with Crippen LogP contribution in [0.2, 0.25) is 5.02 Å². The summed E-state index contributed by atoms with van der Waals surface area (Å²) < 4.78 is 0. The third-order valence-electron chi connectivity index (χ3n) is 1.43. The molecule has 0 bridgehead atoms. The molecule has 1 aromatic heterocycles. The first-order chi connectivity index (χ1) is 5.86. The topological polar surface area (TPSA) is 25.8 Å². The van der Waals surface area contributed by atoms with E-state index >= 15 is 0 Å². The molecule has 0 saturated carbocycles. The van der Waals surface area contributed by atoms with Crippen molar-refractivity contribution >= 4 is 22.9 Å². The molecule has 0 N–H and O–H groups in total. The van der Waals surface area contributed by atoms with Gasteiger partial charge >= 0.3 is 0 Å². The normalized spacial score (nSPS) is 10.1. The minimum Gasteiger partial charge on any atom is -0.147 e. The van der Waals surface area contributed by atoms with Crippen LogP contribution < -0.4 is 0 Å². The van der Waals surface area contributed by atoms with Gasteiger partial charge in [0.05, 0.1) is 0 Å². The van der Waals surface area contributed by atoms with E-state index in [1.807, 2.05) is 24.3 Å². The van der Waals surface area contributed by atoms with E-state index in [2.05, 4.69) is 10.2 Å². The van der Waals surface area contributed by atoms with Gasteiger partial charge in [0.15, 0.2) is 0 Å². The van der Waals surface area contributed by atoms with Crippen molar-refractivity contribution in [1.82, 2.24) is 10.2 Å². The Kier molecular flexibility index (Phi) is 2.06. The third-order valence-corrected chi connectivity index (χ3v) is 2.41. The van der Waals surface area contributed by atoms with Gasteiger partial charge in [-0.3, -0.25) is 0 Å². The van der Waals surface area contributed by atoms with Gasteiger partial charge < -0.3 is 0 Å². The van der Waals surface area contributed by atoms with Crippen molar-refractivity contribution in [1.29, 1.82) is 0 Å². The number of aromatic nitrogens is 2. The Hall–Kier alpha value is -0.930. The summed E-state index contributed by atoms with van der Waals surface area (Å²) in [5.41, 5.74) is 2.72. The maximum absolute atomic E-state index is 5.82. The first-order valence-corrected chi connectivity index (χ1v) is 4.64. The molecule has 0 saturated heterocycles. The molecule has 1 aromatic carbocycles. The lowest BCUT2D eigenvalue weighted by atomic mass is 10.2. The number of nitrogens with zero attached hydrogens (tertiary/aromatic N) is 2. The van der Waals surface area contributed by atoms with E-state index in [0.717, 1.165) is 15.6 Å². The number of rotatable bonds is 1. The number of halogens is 1. The molecule has 0 aliphatic carbocycles. The first-order valence-electron chi connectivity index (χ1n) is 3.38. The molecular weight excluding hydrogens is 192 g/mol. The summed E-state index contributed by atoms with van der Waals surface area (Å²) in [6.07, 6.45) is 0. The summed E-state index contributed by atoms with van der Waals surface area (Å²) in [7, 11) is 0. The van der Waals surface area contributed by atoms with Crippen LogP contribution in [-0.2, 0) is 0 Å². The number of hydrogen-bond acceptors (Lipinski definition) is 3. The highest BCUT2D eigenvalue weighted by molar-refractivity contribution is 7.12. The van der Waals surface area contributed by atoms with Crippen LogP contribution in [0.15, 0.2) is 29.8 Å². The molecule has 12 heavy (non-hydrogen) atoms. The minimum absolute atomic E-state index is 0.725. The Morgan fingerprint density at radius 1 is 1.33 bits per heavy atom. The fraction of sp³-hybridized carbons (Fsp3) is 0. The first kappa shape index (κ1) is 7.71. The summed E-state index contributed by atoms with van der Waals surface area (Å²) in [4.78, 5) is 0. The Bertz CT molecular complexity index is 372. The zero-order valence-corrected chi connectivity index (χ0v) is 7.64. The molecule has 2 aromatic rings. The zero-order chi connectivity index (χ0) is 8.39. The van der Waals surface area contributed by atoms with E-state index < -0.39 is 0 Å². The minimum atomic E-state index is 0.725. The van der Waals surface area contributed by atoms with Crippen LogP contribution in [0.4, 0.5) is 0 Å². The molecule has 2 rings (SSSR count). The van der Waals surface area contributed by atoms with Crippen LogP contribution in [0.5, 0.6) is 0 Å². The van der Waals surface area contributed by atoms with E-state index in [0.29, 0.717) is 0 Å². The van der Waals surface area contributed by atoms with Crippen molar-refractivity contribution in [2.24, 2.45) is 0 Å². The molecule has 0 fully saturated rings. The summed E-state index contributed by atoms with van der Waals surface area (Å²) in [6, 6.07) is 7.58. The van der Waals surface area contributed by atoms with Crippen molar-refractivity contribution < 1.29 is 0 Å². The number of hydrogen-bond donors (Lipinski definition) is 0. The quantitative estimate of drug-likeness (QED) is 0.701. The highest BCUT2D eigenvalue weighted by Crippen LogP contribution is 2.22. The van der Waals surface area contributed by atoms with E-state index in [1.165, 1.54) is 11.3 Å². The second kappa shape index (κ2) is 3.21. The van der Waals surface area contributed by atoms with Crippen molar-refractivity contribution in [3.05, 3.63) is 34.8 Å². The largest absolute Gasteiger partial charge is 0.147 e. The maximum atomic E-state index is 5.82. The van der Waals surface area contributed by atoms with Crippen LogP contribution in [0, 0.1) is 0 Å². The van der Waals surface area contributed by atoms with Gasteiger partial charge in [0.25, 0.3) is 0 Å². The predicted octanol–water partition coefficient (Wildman–Crippen LogP) is 2.86. The van der Waals surface area contributed by atoms with Crippen molar-refractivity contribution in [3.8, 4) is 10.6 Å². The van der Waals surface area contributed by atoms with Gasteiger partial charge in [0.2, 0.25) is 0 Å². The van der Waals surface area contributed by atoms with E-state index in [4.69, 9.17) is 11.6 Å². The Morgan fingerprint density at radius 2 is 2.25 bits per heavy atom. The highest BCUT2D eigenvalue weighted by Gasteiger charge is 2.00. The van der Waals surface area contributed by atoms with Gasteiger partial charge in [-0.25, -0.2) is 0 Å². The highest BCUT2D eigenvalue weighted by atomic mass is 35.5. The lowest BCUT2D eigenvalue weighted by Gasteiger charge is -1.94. The Balaban J connectivity index is 2.48. The summed E-state index contributed by atoms with van der Waals surface area (Å²) >= 11 is 7.32. The average Bonchev–Trinajstić information content (AvgIpc) is 2.56.